The molecule has 1 aliphatic carbocycles. The molecule has 2 aliphatic rings. The van der Waals surface area contributed by atoms with Crippen LogP contribution < -0.4 is 10.1 Å². The number of nitrogens with one attached hydrogen (secondary N) is 1. The quantitative estimate of drug-likeness (QED) is 0.594. The molecule has 0 spiro atoms. The van der Waals surface area contributed by atoms with Gasteiger partial charge < -0.3 is 19.5 Å². The third-order valence-electron chi connectivity index (χ3n) is 6.40. The minimum absolute atomic E-state index is 0.220. The van der Waals surface area contributed by atoms with E-state index >= 15 is 0 Å². The molecule has 6 heteroatoms. The monoisotopic (exact) mass is 445 g/mol. The van der Waals surface area contributed by atoms with Crippen LogP contribution >= 0.6 is 0 Å². The maximum absolute atomic E-state index is 12.9. The standard InChI is InChI=1S/C26H39NO5/c1-18-23(31-21-14-6-5-7-15-21)20(17-19-11-8-9-12-19)13-10-16-22(24(28)30-18)27-25(29)32-26(2,3)4/h5-7,14-15,18-20,22-23H,8-13,16-17H2,1-4H3,(H,27,29). The first-order valence-corrected chi connectivity index (χ1v) is 12.1. The van der Waals surface area contributed by atoms with E-state index in [0.717, 1.165) is 25.0 Å². The third kappa shape index (κ3) is 7.42. The van der Waals surface area contributed by atoms with Gasteiger partial charge in [0.05, 0.1) is 0 Å². The summed E-state index contributed by atoms with van der Waals surface area (Å²) in [6, 6.07) is 9.04. The van der Waals surface area contributed by atoms with Crippen molar-refractivity contribution >= 4 is 12.1 Å². The number of carbonyl (C=O) groups excluding carboxylic acids is 2. The summed E-state index contributed by atoms with van der Waals surface area (Å²) in [6.45, 7) is 7.31. The second-order valence-electron chi connectivity index (χ2n) is 10.3. The summed E-state index contributed by atoms with van der Waals surface area (Å²) < 4.78 is 17.6. The summed E-state index contributed by atoms with van der Waals surface area (Å²) in [5.74, 6) is 1.37. The molecule has 4 atom stereocenters. The van der Waals surface area contributed by atoms with Crippen LogP contribution in [0.5, 0.6) is 5.75 Å². The molecule has 6 nitrogen and oxygen atoms in total. The largest absolute Gasteiger partial charge is 0.486 e. The van der Waals surface area contributed by atoms with Crippen LogP contribution in [0.2, 0.25) is 0 Å². The zero-order valence-corrected chi connectivity index (χ0v) is 20.0. The number of benzene rings is 1. The molecular weight excluding hydrogens is 406 g/mol. The Bertz CT molecular complexity index is 738. The molecule has 1 N–H and O–H groups in total. The van der Waals surface area contributed by atoms with E-state index in [-0.39, 0.29) is 6.10 Å². The first-order chi connectivity index (χ1) is 15.2. The summed E-state index contributed by atoms with van der Waals surface area (Å²) in [5, 5.41) is 2.72. The van der Waals surface area contributed by atoms with Crippen LogP contribution in [0, 0.1) is 11.8 Å². The van der Waals surface area contributed by atoms with Crippen molar-refractivity contribution in [2.75, 3.05) is 0 Å². The number of esters is 1. The molecule has 1 amide bonds. The smallest absolute Gasteiger partial charge is 0.408 e. The van der Waals surface area contributed by atoms with Crippen LogP contribution in [0.3, 0.4) is 0 Å². The molecule has 1 aromatic rings. The van der Waals surface area contributed by atoms with Crippen molar-refractivity contribution in [1.29, 1.82) is 0 Å². The summed E-state index contributed by atoms with van der Waals surface area (Å²) >= 11 is 0. The van der Waals surface area contributed by atoms with Gasteiger partial charge in [-0.1, -0.05) is 50.3 Å². The maximum Gasteiger partial charge on any atom is 0.408 e. The zero-order chi connectivity index (χ0) is 23.1. The van der Waals surface area contributed by atoms with E-state index in [9.17, 15) is 9.59 Å². The SMILES string of the molecule is CC1OC(=O)C(NC(=O)OC(C)(C)C)CCCC(CC2CCCC2)C1Oc1ccccc1. The van der Waals surface area contributed by atoms with Crippen molar-refractivity contribution in [3.63, 3.8) is 0 Å². The number of amides is 1. The summed E-state index contributed by atoms with van der Waals surface area (Å²) in [7, 11) is 0. The highest BCUT2D eigenvalue weighted by Gasteiger charge is 2.37. The second-order valence-corrected chi connectivity index (χ2v) is 10.3. The number of ether oxygens (including phenoxy) is 3. The maximum atomic E-state index is 12.9. The molecule has 1 aliphatic heterocycles. The fraction of sp³-hybridized carbons (Fsp3) is 0.692. The molecule has 1 saturated heterocycles. The first kappa shape index (κ1) is 24.4. The van der Waals surface area contributed by atoms with Crippen LogP contribution in [0.1, 0.15) is 79.1 Å². The van der Waals surface area contributed by atoms with Crippen molar-refractivity contribution < 1.29 is 23.8 Å². The Labute approximate surface area is 192 Å². The Morgan fingerprint density at radius 2 is 1.75 bits per heavy atom. The lowest BCUT2D eigenvalue weighted by Gasteiger charge is -2.33. The van der Waals surface area contributed by atoms with Crippen molar-refractivity contribution in [3.8, 4) is 5.75 Å². The summed E-state index contributed by atoms with van der Waals surface area (Å²) in [6.07, 6.45) is 7.27. The lowest BCUT2D eigenvalue weighted by Crippen LogP contribution is -2.46. The van der Waals surface area contributed by atoms with Gasteiger partial charge in [-0.05, 0) is 70.9 Å². The predicted octanol–water partition coefficient (Wildman–Crippen LogP) is 5.64. The van der Waals surface area contributed by atoms with Crippen molar-refractivity contribution in [2.24, 2.45) is 11.8 Å². The van der Waals surface area contributed by atoms with Gasteiger partial charge in [0.1, 0.15) is 29.6 Å². The molecule has 1 aromatic carbocycles. The average molecular weight is 446 g/mol. The third-order valence-corrected chi connectivity index (χ3v) is 6.40. The van der Waals surface area contributed by atoms with Crippen LogP contribution in [0.15, 0.2) is 30.3 Å². The molecule has 32 heavy (non-hydrogen) atoms. The number of hydrogen-bond acceptors (Lipinski definition) is 5. The number of carbonyl (C=O) groups is 2. The minimum Gasteiger partial charge on any atom is -0.486 e. The van der Waals surface area contributed by atoms with Crippen molar-refractivity contribution in [3.05, 3.63) is 30.3 Å². The Morgan fingerprint density at radius 3 is 2.41 bits per heavy atom. The van der Waals surface area contributed by atoms with E-state index in [1.54, 1.807) is 20.8 Å². The van der Waals surface area contributed by atoms with Gasteiger partial charge in [-0.3, -0.25) is 0 Å². The number of cyclic esters (lactones) is 1. The molecular formula is C26H39NO5. The highest BCUT2D eigenvalue weighted by molar-refractivity contribution is 5.81. The van der Waals surface area contributed by atoms with Crippen LogP contribution in [-0.2, 0) is 14.3 Å². The lowest BCUT2D eigenvalue weighted by molar-refractivity contribution is -0.156. The fourth-order valence-corrected chi connectivity index (χ4v) is 4.94. The predicted molar refractivity (Wildman–Crippen MR) is 123 cm³/mol. The minimum atomic E-state index is -0.713. The molecule has 1 saturated carbocycles. The topological polar surface area (TPSA) is 73.9 Å². The van der Waals surface area contributed by atoms with Gasteiger partial charge in [-0.25, -0.2) is 9.59 Å². The van der Waals surface area contributed by atoms with E-state index in [1.165, 1.54) is 25.7 Å². The average Bonchev–Trinajstić information content (AvgIpc) is 3.23. The van der Waals surface area contributed by atoms with Crippen LogP contribution in [-0.4, -0.2) is 35.9 Å². The normalized spacial score (nSPS) is 27.6. The van der Waals surface area contributed by atoms with E-state index in [1.807, 2.05) is 37.3 Å². The number of hydrogen-bond donors (Lipinski definition) is 1. The Kier molecular flexibility index (Phi) is 8.44. The molecule has 0 bridgehead atoms. The fourth-order valence-electron chi connectivity index (χ4n) is 4.94. The Morgan fingerprint density at radius 1 is 1.06 bits per heavy atom. The molecule has 1 heterocycles. The molecule has 3 rings (SSSR count). The van der Waals surface area contributed by atoms with Gasteiger partial charge in [-0.2, -0.15) is 0 Å². The van der Waals surface area contributed by atoms with Crippen molar-refractivity contribution in [2.45, 2.75) is 103 Å². The lowest BCUT2D eigenvalue weighted by atomic mass is 9.83. The van der Waals surface area contributed by atoms with Crippen LogP contribution in [0.4, 0.5) is 4.79 Å². The van der Waals surface area contributed by atoms with Crippen molar-refractivity contribution in [1.82, 2.24) is 5.32 Å². The van der Waals surface area contributed by atoms with Gasteiger partial charge in [0, 0.05) is 0 Å². The van der Waals surface area contributed by atoms with Gasteiger partial charge >= 0.3 is 12.1 Å². The highest BCUT2D eigenvalue weighted by atomic mass is 16.6. The van der Waals surface area contributed by atoms with E-state index in [2.05, 4.69) is 5.32 Å². The van der Waals surface area contributed by atoms with Gasteiger partial charge in [-0.15, -0.1) is 0 Å². The molecule has 2 fully saturated rings. The molecule has 4 unspecified atom stereocenters. The van der Waals surface area contributed by atoms with E-state index < -0.39 is 29.8 Å². The number of para-hydroxylation sites is 1. The zero-order valence-electron chi connectivity index (χ0n) is 20.0. The Balaban J connectivity index is 1.74. The van der Waals surface area contributed by atoms with E-state index in [0.29, 0.717) is 18.3 Å². The second kappa shape index (κ2) is 11.1. The number of rotatable bonds is 5. The molecule has 0 radical (unpaired) electrons. The van der Waals surface area contributed by atoms with Gasteiger partial charge in [0.15, 0.2) is 0 Å². The Hall–Kier alpha value is -2.24. The molecule has 178 valence electrons. The van der Waals surface area contributed by atoms with Crippen LogP contribution in [0.25, 0.3) is 0 Å². The molecule has 0 aromatic heterocycles. The highest BCUT2D eigenvalue weighted by Crippen LogP contribution is 2.36. The number of alkyl carbamates (subject to hydrolysis) is 1. The van der Waals surface area contributed by atoms with Gasteiger partial charge in [0.25, 0.3) is 0 Å². The van der Waals surface area contributed by atoms with E-state index in [4.69, 9.17) is 14.2 Å². The first-order valence-electron chi connectivity index (χ1n) is 12.1. The summed E-state index contributed by atoms with van der Waals surface area (Å²) in [5.41, 5.74) is -0.624. The summed E-state index contributed by atoms with van der Waals surface area (Å²) in [4.78, 5) is 25.2. The van der Waals surface area contributed by atoms with Gasteiger partial charge in [0.2, 0.25) is 0 Å².